The molecule has 0 aromatic rings. The van der Waals surface area contributed by atoms with E-state index in [0.29, 0.717) is 13.2 Å². The van der Waals surface area contributed by atoms with Gasteiger partial charge in [-0.1, -0.05) is 0 Å². The Morgan fingerprint density at radius 1 is 1.33 bits per heavy atom. The molecule has 0 aliphatic carbocycles. The fraction of sp³-hybridized carbons (Fsp3) is 0.750. The molecule has 0 atom stereocenters. The van der Waals surface area contributed by atoms with Gasteiger partial charge in [-0.15, -0.1) is 0 Å². The van der Waals surface area contributed by atoms with Crippen molar-refractivity contribution >= 4 is 5.97 Å². The average Bonchev–Trinajstić information content (AvgIpc) is 1.61. The molecule has 0 saturated carbocycles. The van der Waals surface area contributed by atoms with E-state index in [4.69, 9.17) is 5.73 Å². The van der Waals surface area contributed by atoms with E-state index < -0.39 is 0 Å². The van der Waals surface area contributed by atoms with Gasteiger partial charge in [0.1, 0.15) is 6.61 Å². The third-order valence-corrected chi connectivity index (χ3v) is 0.423. The summed E-state index contributed by atoms with van der Waals surface area (Å²) in [6.07, 6.45) is 0. The van der Waals surface area contributed by atoms with Crippen LogP contribution in [0.1, 0.15) is 9.78 Å². The van der Waals surface area contributed by atoms with Gasteiger partial charge in [0, 0.05) is 13.5 Å². The van der Waals surface area contributed by atoms with Crippen molar-refractivity contribution in [3.05, 3.63) is 0 Å². The molecule has 0 aliphatic heterocycles. The van der Waals surface area contributed by atoms with Crippen LogP contribution in [0.3, 0.4) is 0 Å². The van der Waals surface area contributed by atoms with Crippen LogP contribution < -0.4 is 83.3 Å². The van der Waals surface area contributed by atoms with Crippen molar-refractivity contribution in [2.24, 2.45) is 5.73 Å². The summed E-state index contributed by atoms with van der Waals surface area (Å²) in [6.45, 7) is 2.09. The van der Waals surface area contributed by atoms with Gasteiger partial charge in [0.25, 0.3) is 0 Å². The molecular formula is C4H20N4Na2O2. The van der Waals surface area contributed by atoms with Crippen molar-refractivity contribution in [2.45, 2.75) is 6.92 Å². The zero-order valence-corrected chi connectivity index (χ0v) is 12.4. The van der Waals surface area contributed by atoms with Gasteiger partial charge in [-0.3, -0.25) is 4.79 Å². The Hall–Kier alpha value is 1.31. The third-order valence-electron chi connectivity index (χ3n) is 0.423. The van der Waals surface area contributed by atoms with E-state index in [1.807, 2.05) is 0 Å². The Morgan fingerprint density at radius 3 is 1.75 bits per heavy atom. The number of esters is 1. The Bertz CT molecular complexity index is 84.4. The minimum atomic E-state index is -0.273. The van der Waals surface area contributed by atoms with Gasteiger partial charge in [-0.25, -0.2) is 0 Å². The molecule has 0 rings (SSSR count). The van der Waals surface area contributed by atoms with E-state index in [1.54, 1.807) is 0 Å². The number of nitrogens with two attached hydrogens (primary N) is 1. The first-order valence-electron chi connectivity index (χ1n) is 2.11. The Balaban J connectivity index is -0.00000000857. The molecule has 8 heteroatoms. The first-order valence-corrected chi connectivity index (χ1v) is 2.11. The summed E-state index contributed by atoms with van der Waals surface area (Å²) in [6, 6.07) is 0. The molecule has 0 amide bonds. The number of carbonyl (C=O) groups is 1. The molecular weight excluding hydrogens is 182 g/mol. The summed E-state index contributed by atoms with van der Waals surface area (Å²) in [7, 11) is 0. The van der Waals surface area contributed by atoms with Crippen LogP contribution in [0, 0.1) is 0 Å². The van der Waals surface area contributed by atoms with Crippen molar-refractivity contribution in [1.82, 2.24) is 18.5 Å². The number of hydrogen-bond donors (Lipinski definition) is 4. The maximum atomic E-state index is 9.92. The van der Waals surface area contributed by atoms with E-state index in [1.165, 1.54) is 6.92 Å². The van der Waals surface area contributed by atoms with Crippen molar-refractivity contribution < 1.29 is 71.5 Å². The van der Waals surface area contributed by atoms with Gasteiger partial charge < -0.3 is 31.8 Å². The monoisotopic (exact) mass is 202 g/mol. The van der Waals surface area contributed by atoms with Gasteiger partial charge in [0.05, 0.1) is 0 Å². The van der Waals surface area contributed by atoms with Crippen LogP contribution in [-0.2, 0) is 9.53 Å². The van der Waals surface area contributed by atoms with Crippen LogP contribution in [0.4, 0.5) is 0 Å². The standard InChI is InChI=1S/C4H9NO2.3H3N.2Na.2H/c1-4(6)7-3-2-5;;;;;;;/h2-3,5H2,1H3;3*1H3;;;;/q;;;;2*+1;2*-1. The second-order valence-electron chi connectivity index (χ2n) is 1.13. The molecule has 0 bridgehead atoms. The van der Waals surface area contributed by atoms with Crippen LogP contribution in [-0.4, -0.2) is 19.1 Å². The van der Waals surface area contributed by atoms with Crippen molar-refractivity contribution in [3.63, 3.8) is 0 Å². The van der Waals surface area contributed by atoms with Gasteiger partial charge in [-0.2, -0.15) is 0 Å². The van der Waals surface area contributed by atoms with Crippen LogP contribution in [0.15, 0.2) is 0 Å². The van der Waals surface area contributed by atoms with Crippen LogP contribution in [0.25, 0.3) is 0 Å². The van der Waals surface area contributed by atoms with Gasteiger partial charge >= 0.3 is 65.1 Å². The largest absolute Gasteiger partial charge is 1.00 e. The Kier molecular flexibility index (Phi) is 92.7. The quantitative estimate of drug-likeness (QED) is 0.258. The zero-order chi connectivity index (χ0) is 5.70. The Labute approximate surface area is 121 Å². The fourth-order valence-electron chi connectivity index (χ4n) is 0.203. The van der Waals surface area contributed by atoms with E-state index in [0.717, 1.165) is 0 Å². The van der Waals surface area contributed by atoms with Gasteiger partial charge in [0.2, 0.25) is 0 Å². The number of hydrogen-bond acceptors (Lipinski definition) is 6. The molecule has 0 heterocycles. The van der Waals surface area contributed by atoms with Crippen LogP contribution >= 0.6 is 0 Å². The molecule has 0 aliphatic rings. The summed E-state index contributed by atoms with van der Waals surface area (Å²) >= 11 is 0. The molecule has 0 saturated heterocycles. The molecule has 0 radical (unpaired) electrons. The predicted octanol–water partition coefficient (Wildman–Crippen LogP) is -5.77. The van der Waals surface area contributed by atoms with Crippen molar-refractivity contribution in [3.8, 4) is 0 Å². The van der Waals surface area contributed by atoms with Crippen molar-refractivity contribution in [1.29, 1.82) is 0 Å². The topological polar surface area (TPSA) is 157 Å². The fourth-order valence-corrected chi connectivity index (χ4v) is 0.203. The summed E-state index contributed by atoms with van der Waals surface area (Å²) < 4.78 is 4.43. The van der Waals surface area contributed by atoms with Gasteiger partial charge in [0.15, 0.2) is 0 Å². The summed E-state index contributed by atoms with van der Waals surface area (Å²) in [5.41, 5.74) is 5.00. The number of ether oxygens (including phenoxy) is 1. The second-order valence-corrected chi connectivity index (χ2v) is 1.13. The van der Waals surface area contributed by atoms with E-state index >= 15 is 0 Å². The molecule has 0 fully saturated rings. The maximum Gasteiger partial charge on any atom is 1.00 e. The molecule has 0 spiro atoms. The van der Waals surface area contributed by atoms with Crippen LogP contribution in [0.2, 0.25) is 0 Å². The maximum absolute atomic E-state index is 9.92. The SMILES string of the molecule is CC(=O)OCCN.N.N.N.[H-].[H-].[Na+].[Na+]. The first-order chi connectivity index (χ1) is 3.27. The molecule has 0 unspecified atom stereocenters. The van der Waals surface area contributed by atoms with E-state index in [9.17, 15) is 4.79 Å². The smallest absolute Gasteiger partial charge is 1.00 e. The molecule has 0 aromatic carbocycles. The summed E-state index contributed by atoms with van der Waals surface area (Å²) in [4.78, 5) is 9.92. The zero-order valence-electron chi connectivity index (χ0n) is 10.4. The normalized spacial score (nSPS) is 4.83. The van der Waals surface area contributed by atoms with E-state index in [2.05, 4.69) is 4.74 Å². The minimum Gasteiger partial charge on any atom is -1.00 e. The summed E-state index contributed by atoms with van der Waals surface area (Å²) in [5.74, 6) is -0.273. The minimum absolute atomic E-state index is 0. The molecule has 12 heavy (non-hydrogen) atoms. The average molecular weight is 202 g/mol. The van der Waals surface area contributed by atoms with Crippen LogP contribution in [0.5, 0.6) is 0 Å². The molecule has 11 N–H and O–H groups in total. The van der Waals surface area contributed by atoms with Crippen molar-refractivity contribution in [2.75, 3.05) is 13.2 Å². The first kappa shape index (κ1) is 37.7. The summed E-state index contributed by atoms with van der Waals surface area (Å²) in [5, 5.41) is 0. The Morgan fingerprint density at radius 2 is 1.67 bits per heavy atom. The predicted molar refractivity (Wildman–Crippen MR) is 43.0 cm³/mol. The number of carbonyl (C=O) groups excluding carboxylic acids is 1. The van der Waals surface area contributed by atoms with E-state index in [-0.39, 0.29) is 86.4 Å². The third kappa shape index (κ3) is 42.6. The molecule has 70 valence electrons. The second kappa shape index (κ2) is 29.5. The molecule has 6 nitrogen and oxygen atoms in total. The molecule has 0 aromatic heterocycles. The number of rotatable bonds is 2. The van der Waals surface area contributed by atoms with Gasteiger partial charge in [-0.05, 0) is 0 Å².